The molecule has 1 fully saturated rings. The number of nitrogens with zero attached hydrogens (tertiary/aromatic N) is 3. The zero-order valence-corrected chi connectivity index (χ0v) is 22.8. The number of allylic oxidation sites excluding steroid dienone is 2. The van der Waals surface area contributed by atoms with Crippen molar-refractivity contribution in [2.24, 2.45) is 5.92 Å². The highest BCUT2D eigenvalue weighted by molar-refractivity contribution is 6.24. The minimum atomic E-state index is -0.0801. The first kappa shape index (κ1) is 26.6. The third kappa shape index (κ3) is 5.77. The number of carbonyl (C=O) groups is 1. The summed E-state index contributed by atoms with van der Waals surface area (Å²) in [4.78, 5) is 24.7. The van der Waals surface area contributed by atoms with Gasteiger partial charge < -0.3 is 31.0 Å². The molecule has 4 N–H and O–H groups in total. The van der Waals surface area contributed by atoms with Crippen LogP contribution in [0.5, 0.6) is 5.75 Å². The van der Waals surface area contributed by atoms with E-state index in [1.54, 1.807) is 13.2 Å². The smallest absolute Gasteiger partial charge is 0.251 e. The Morgan fingerprint density at radius 1 is 1.22 bits per heavy atom. The van der Waals surface area contributed by atoms with Gasteiger partial charge in [-0.05, 0) is 81.9 Å². The van der Waals surface area contributed by atoms with Gasteiger partial charge in [-0.15, -0.1) is 0 Å². The van der Waals surface area contributed by atoms with Gasteiger partial charge in [-0.2, -0.15) is 0 Å². The van der Waals surface area contributed by atoms with Crippen molar-refractivity contribution in [2.45, 2.75) is 52.5 Å². The average Bonchev–Trinajstić information content (AvgIpc) is 2.87. The van der Waals surface area contributed by atoms with Crippen LogP contribution in [0, 0.1) is 18.3 Å². The van der Waals surface area contributed by atoms with Crippen LogP contribution in [0.15, 0.2) is 24.0 Å². The molecule has 2 aliphatic rings. The fourth-order valence-electron chi connectivity index (χ4n) is 5.12. The molecule has 1 aliphatic heterocycles. The molecule has 1 aromatic carbocycles. The number of piperidine rings is 1. The van der Waals surface area contributed by atoms with Gasteiger partial charge in [-0.1, -0.05) is 13.8 Å². The van der Waals surface area contributed by atoms with Crippen LogP contribution in [0.3, 0.4) is 0 Å². The first-order valence-electron chi connectivity index (χ1n) is 13.0. The number of ether oxygens (including phenoxy) is 1. The standard InChI is InChI=1S/C28H39N7O2/c1-16(2)25(30-4)24-21(29)8-7-18-15-31-28(34-26(18)24)33-22-13-17(3)20(14-23(22)37-6)27(36)32-19-9-11-35(5)12-10-19/h13-16,19,29-30H,7-12H2,1-6H3,(H,32,36)(H,31,33,34)/b25-24+,29-21?. The minimum Gasteiger partial charge on any atom is -0.495 e. The Hall–Kier alpha value is -3.46. The Kier molecular flexibility index (Phi) is 8.12. The van der Waals surface area contributed by atoms with Crippen molar-refractivity contribution in [3.8, 4) is 5.75 Å². The van der Waals surface area contributed by atoms with Crippen molar-refractivity contribution >= 4 is 28.8 Å². The number of rotatable bonds is 7. The van der Waals surface area contributed by atoms with Crippen molar-refractivity contribution in [3.63, 3.8) is 0 Å². The van der Waals surface area contributed by atoms with Gasteiger partial charge in [0.25, 0.3) is 5.91 Å². The summed E-state index contributed by atoms with van der Waals surface area (Å²) in [6.07, 6.45) is 5.16. The Bertz CT molecular complexity index is 1210. The summed E-state index contributed by atoms with van der Waals surface area (Å²) in [5, 5.41) is 18.4. The summed E-state index contributed by atoms with van der Waals surface area (Å²) < 4.78 is 5.65. The third-order valence-electron chi connectivity index (χ3n) is 7.25. The van der Waals surface area contributed by atoms with Gasteiger partial charge in [0.05, 0.1) is 18.5 Å². The molecular formula is C28H39N7O2. The van der Waals surface area contributed by atoms with Crippen LogP contribution in [0.1, 0.15) is 60.3 Å². The van der Waals surface area contributed by atoms with Crippen molar-refractivity contribution in [2.75, 3.05) is 39.6 Å². The van der Waals surface area contributed by atoms with Crippen molar-refractivity contribution < 1.29 is 9.53 Å². The van der Waals surface area contributed by atoms with Gasteiger partial charge >= 0.3 is 0 Å². The van der Waals surface area contributed by atoms with Crippen molar-refractivity contribution in [1.82, 2.24) is 25.5 Å². The first-order valence-corrected chi connectivity index (χ1v) is 13.0. The topological polar surface area (TPSA) is 115 Å². The fourth-order valence-corrected chi connectivity index (χ4v) is 5.12. The summed E-state index contributed by atoms with van der Waals surface area (Å²) >= 11 is 0. The second-order valence-electron chi connectivity index (χ2n) is 10.3. The highest BCUT2D eigenvalue weighted by Crippen LogP contribution is 2.34. The van der Waals surface area contributed by atoms with E-state index in [9.17, 15) is 4.79 Å². The van der Waals surface area contributed by atoms with E-state index < -0.39 is 0 Å². The maximum Gasteiger partial charge on any atom is 0.251 e. The van der Waals surface area contributed by atoms with Gasteiger partial charge in [-0.25, -0.2) is 9.97 Å². The van der Waals surface area contributed by atoms with Crippen LogP contribution in [0.2, 0.25) is 0 Å². The van der Waals surface area contributed by atoms with E-state index in [-0.39, 0.29) is 17.9 Å². The van der Waals surface area contributed by atoms with E-state index in [4.69, 9.17) is 15.1 Å². The van der Waals surface area contributed by atoms with E-state index in [2.05, 4.69) is 46.7 Å². The van der Waals surface area contributed by atoms with E-state index in [1.807, 2.05) is 26.2 Å². The molecule has 1 aromatic heterocycles. The van der Waals surface area contributed by atoms with Gasteiger partial charge in [0, 0.05) is 41.8 Å². The van der Waals surface area contributed by atoms with E-state index in [1.165, 1.54) is 0 Å². The van der Waals surface area contributed by atoms with Crippen molar-refractivity contribution in [1.29, 1.82) is 5.41 Å². The zero-order valence-electron chi connectivity index (χ0n) is 22.8. The van der Waals surface area contributed by atoms with E-state index in [0.717, 1.165) is 60.4 Å². The van der Waals surface area contributed by atoms with Gasteiger partial charge in [0.2, 0.25) is 5.95 Å². The lowest BCUT2D eigenvalue weighted by Crippen LogP contribution is -2.43. The number of aromatic nitrogens is 2. The molecule has 9 heteroatoms. The molecule has 4 rings (SSSR count). The van der Waals surface area contributed by atoms with E-state index in [0.29, 0.717) is 35.1 Å². The molecule has 0 bridgehead atoms. The fraction of sp³-hybridized carbons (Fsp3) is 0.500. The number of nitrogens with one attached hydrogen (secondary N) is 4. The van der Waals surface area contributed by atoms with Gasteiger partial charge in [0.1, 0.15) is 5.75 Å². The summed E-state index contributed by atoms with van der Waals surface area (Å²) in [6, 6.07) is 3.86. The zero-order chi connectivity index (χ0) is 26.7. The summed E-state index contributed by atoms with van der Waals surface area (Å²) in [5.74, 6) is 1.12. The second-order valence-corrected chi connectivity index (χ2v) is 10.3. The normalized spacial score (nSPS) is 17.9. The lowest BCUT2D eigenvalue weighted by molar-refractivity contribution is 0.0916. The molecule has 1 saturated heterocycles. The highest BCUT2D eigenvalue weighted by atomic mass is 16.5. The van der Waals surface area contributed by atoms with Crippen LogP contribution >= 0.6 is 0 Å². The molecule has 1 amide bonds. The van der Waals surface area contributed by atoms with Crippen LogP contribution in [-0.2, 0) is 6.42 Å². The lowest BCUT2D eigenvalue weighted by atomic mass is 9.87. The minimum absolute atomic E-state index is 0.0801. The molecule has 0 radical (unpaired) electrons. The summed E-state index contributed by atoms with van der Waals surface area (Å²) in [5.41, 5.74) is 6.39. The molecule has 2 aromatic rings. The number of hydrogen-bond donors (Lipinski definition) is 4. The molecule has 2 heterocycles. The summed E-state index contributed by atoms with van der Waals surface area (Å²) in [7, 11) is 5.59. The van der Waals surface area contributed by atoms with Crippen LogP contribution in [0.4, 0.5) is 11.6 Å². The number of hydrogen-bond acceptors (Lipinski definition) is 8. The van der Waals surface area contributed by atoms with Crippen molar-refractivity contribution in [3.05, 3.63) is 46.4 Å². The summed E-state index contributed by atoms with van der Waals surface area (Å²) in [6.45, 7) is 8.12. The molecule has 0 unspecified atom stereocenters. The molecule has 0 atom stereocenters. The number of amides is 1. The lowest BCUT2D eigenvalue weighted by Gasteiger charge is -2.29. The number of anilines is 2. The molecule has 9 nitrogen and oxygen atoms in total. The number of likely N-dealkylation sites (tertiary alicyclic amines) is 1. The first-order chi connectivity index (χ1) is 17.7. The molecule has 198 valence electrons. The monoisotopic (exact) mass is 505 g/mol. The number of methoxy groups -OCH3 is 1. The SMILES string of the molecule is CN/C(=C1\C(=N)CCc2cnc(Nc3cc(C)c(C(=O)NC4CCN(C)CC4)cc3OC)nc21)C(C)C. The number of carbonyl (C=O) groups excluding carboxylic acids is 1. The maximum absolute atomic E-state index is 13.1. The largest absolute Gasteiger partial charge is 0.495 e. The Balaban J connectivity index is 1.61. The molecular weight excluding hydrogens is 466 g/mol. The Morgan fingerprint density at radius 3 is 2.59 bits per heavy atom. The van der Waals surface area contributed by atoms with Crippen LogP contribution in [-0.4, -0.2) is 66.8 Å². The van der Waals surface area contributed by atoms with Gasteiger partial charge in [-0.3, -0.25) is 4.79 Å². The Labute approximate surface area is 219 Å². The van der Waals surface area contributed by atoms with Crippen LogP contribution in [0.25, 0.3) is 5.57 Å². The van der Waals surface area contributed by atoms with E-state index >= 15 is 0 Å². The third-order valence-corrected chi connectivity index (χ3v) is 7.25. The molecule has 1 aliphatic carbocycles. The quantitative estimate of drug-likeness (QED) is 0.451. The number of benzene rings is 1. The average molecular weight is 506 g/mol. The Morgan fingerprint density at radius 2 is 1.95 bits per heavy atom. The molecule has 0 saturated carbocycles. The number of fused-ring (bicyclic) bond motifs is 1. The molecule has 0 spiro atoms. The predicted octanol–water partition coefficient (Wildman–Crippen LogP) is 3.91. The van der Waals surface area contributed by atoms with Gasteiger partial charge in [0.15, 0.2) is 0 Å². The molecule has 37 heavy (non-hydrogen) atoms. The second kappa shape index (κ2) is 11.3. The predicted molar refractivity (Wildman–Crippen MR) is 148 cm³/mol. The van der Waals surface area contributed by atoms with Crippen LogP contribution < -0.4 is 20.7 Å². The highest BCUT2D eigenvalue weighted by Gasteiger charge is 2.26. The number of aryl methyl sites for hydroxylation is 2. The maximum atomic E-state index is 13.1.